The molecule has 0 aliphatic rings. The van der Waals surface area contributed by atoms with Crippen LogP contribution in [0, 0.1) is 5.41 Å². The van der Waals surface area contributed by atoms with Gasteiger partial charge in [-0.05, 0) is 32.4 Å². The molecule has 1 atom stereocenters. The van der Waals surface area contributed by atoms with Gasteiger partial charge in [0.2, 0.25) is 0 Å². The van der Waals surface area contributed by atoms with Crippen LogP contribution in [0.25, 0.3) is 0 Å². The SMILES string of the molecule is CC(N(C)CCCCl)C(C)(C)C. The van der Waals surface area contributed by atoms with E-state index in [-0.39, 0.29) is 0 Å². The summed E-state index contributed by atoms with van der Waals surface area (Å²) in [5.74, 6) is 0.765. The van der Waals surface area contributed by atoms with Gasteiger partial charge in [-0.3, -0.25) is 0 Å². The molecule has 0 aliphatic carbocycles. The molecule has 0 N–H and O–H groups in total. The molecule has 0 aromatic heterocycles. The minimum absolute atomic E-state index is 0.362. The first-order valence-electron chi connectivity index (χ1n) is 4.65. The summed E-state index contributed by atoms with van der Waals surface area (Å²) in [5.41, 5.74) is 0.362. The van der Waals surface area contributed by atoms with Crippen molar-refractivity contribution in [2.24, 2.45) is 5.41 Å². The summed E-state index contributed by atoms with van der Waals surface area (Å²) >= 11 is 5.64. The molecule has 0 aliphatic heterocycles. The van der Waals surface area contributed by atoms with Gasteiger partial charge in [0.05, 0.1) is 0 Å². The zero-order valence-corrected chi connectivity index (χ0v) is 9.78. The lowest BCUT2D eigenvalue weighted by Gasteiger charge is -2.35. The molecule has 0 saturated carbocycles. The summed E-state index contributed by atoms with van der Waals surface area (Å²) in [5, 5.41) is 0. The lowest BCUT2D eigenvalue weighted by atomic mass is 9.87. The third-order valence-corrected chi connectivity index (χ3v) is 2.83. The van der Waals surface area contributed by atoms with Gasteiger partial charge in [0.15, 0.2) is 0 Å². The van der Waals surface area contributed by atoms with Gasteiger partial charge in [0.25, 0.3) is 0 Å². The molecule has 0 saturated heterocycles. The summed E-state index contributed by atoms with van der Waals surface area (Å²) in [6.07, 6.45) is 1.08. The van der Waals surface area contributed by atoms with Crippen LogP contribution >= 0.6 is 11.6 Å². The lowest BCUT2D eigenvalue weighted by molar-refractivity contribution is 0.141. The van der Waals surface area contributed by atoms with Crippen LogP contribution in [0.15, 0.2) is 0 Å². The molecule has 0 rings (SSSR count). The highest BCUT2D eigenvalue weighted by Gasteiger charge is 2.22. The van der Waals surface area contributed by atoms with Crippen molar-refractivity contribution in [1.82, 2.24) is 4.90 Å². The van der Waals surface area contributed by atoms with E-state index in [4.69, 9.17) is 11.6 Å². The average Bonchev–Trinajstić information content (AvgIpc) is 1.97. The van der Waals surface area contributed by atoms with Crippen LogP contribution in [-0.2, 0) is 0 Å². The van der Waals surface area contributed by atoms with Gasteiger partial charge in [-0.2, -0.15) is 0 Å². The van der Waals surface area contributed by atoms with E-state index in [9.17, 15) is 0 Å². The van der Waals surface area contributed by atoms with Gasteiger partial charge in [0, 0.05) is 11.9 Å². The first kappa shape index (κ1) is 12.2. The summed E-state index contributed by atoms with van der Waals surface area (Å²) in [6, 6.07) is 0.612. The monoisotopic (exact) mass is 191 g/mol. The second-order valence-corrected chi connectivity index (χ2v) is 4.94. The van der Waals surface area contributed by atoms with Crippen LogP contribution in [0.1, 0.15) is 34.1 Å². The fraction of sp³-hybridized carbons (Fsp3) is 1.00. The number of halogens is 1. The molecule has 0 bridgehead atoms. The summed E-state index contributed by atoms with van der Waals surface area (Å²) in [7, 11) is 2.17. The van der Waals surface area contributed by atoms with Crippen LogP contribution < -0.4 is 0 Å². The molecule has 0 radical (unpaired) electrons. The Kier molecular flexibility index (Phi) is 5.19. The molecule has 1 nitrogen and oxygen atoms in total. The highest BCUT2D eigenvalue weighted by molar-refractivity contribution is 6.17. The van der Waals surface area contributed by atoms with Crippen molar-refractivity contribution in [3.63, 3.8) is 0 Å². The summed E-state index contributed by atoms with van der Waals surface area (Å²) in [4.78, 5) is 2.38. The Balaban J connectivity index is 3.84. The summed E-state index contributed by atoms with van der Waals surface area (Å²) < 4.78 is 0. The Bertz CT molecular complexity index is 117. The largest absolute Gasteiger partial charge is 0.303 e. The second-order valence-electron chi connectivity index (χ2n) is 4.57. The van der Waals surface area contributed by atoms with Crippen LogP contribution in [0.3, 0.4) is 0 Å². The van der Waals surface area contributed by atoms with Crippen molar-refractivity contribution in [2.45, 2.75) is 40.2 Å². The molecule has 0 spiro atoms. The first-order chi connectivity index (χ1) is 5.39. The van der Waals surface area contributed by atoms with E-state index in [2.05, 4.69) is 39.6 Å². The molecule has 2 heteroatoms. The van der Waals surface area contributed by atoms with Crippen LogP contribution in [0.2, 0.25) is 0 Å². The molecule has 0 aromatic rings. The Morgan fingerprint density at radius 2 is 1.83 bits per heavy atom. The number of rotatable bonds is 4. The van der Waals surface area contributed by atoms with Crippen molar-refractivity contribution >= 4 is 11.6 Å². The Hall–Kier alpha value is 0.250. The van der Waals surface area contributed by atoms with Gasteiger partial charge in [-0.25, -0.2) is 0 Å². The normalized spacial score (nSPS) is 15.2. The smallest absolute Gasteiger partial charge is 0.0235 e. The van der Waals surface area contributed by atoms with Crippen molar-refractivity contribution in [2.75, 3.05) is 19.5 Å². The topological polar surface area (TPSA) is 3.24 Å². The Morgan fingerprint density at radius 3 is 2.17 bits per heavy atom. The number of nitrogens with zero attached hydrogens (tertiary/aromatic N) is 1. The number of alkyl halides is 1. The molecule has 0 heterocycles. The van der Waals surface area contributed by atoms with E-state index < -0.39 is 0 Å². The van der Waals surface area contributed by atoms with Crippen molar-refractivity contribution < 1.29 is 0 Å². The van der Waals surface area contributed by atoms with Gasteiger partial charge in [0.1, 0.15) is 0 Å². The maximum atomic E-state index is 5.64. The number of hydrogen-bond donors (Lipinski definition) is 0. The molecule has 0 aromatic carbocycles. The van der Waals surface area contributed by atoms with Crippen LogP contribution in [0.4, 0.5) is 0 Å². The molecule has 0 fully saturated rings. The highest BCUT2D eigenvalue weighted by atomic mass is 35.5. The molecular formula is C10H22ClN. The Labute approximate surface area is 82.1 Å². The average molecular weight is 192 g/mol. The van der Waals surface area contributed by atoms with Crippen molar-refractivity contribution in [3.05, 3.63) is 0 Å². The van der Waals surface area contributed by atoms with Crippen molar-refractivity contribution in [1.29, 1.82) is 0 Å². The minimum Gasteiger partial charge on any atom is -0.303 e. The lowest BCUT2D eigenvalue weighted by Crippen LogP contribution is -2.39. The standard InChI is InChI=1S/C10H22ClN/c1-9(10(2,3)4)12(5)8-6-7-11/h9H,6-8H2,1-5H3. The predicted molar refractivity (Wildman–Crippen MR) is 56.9 cm³/mol. The van der Waals surface area contributed by atoms with E-state index in [1.165, 1.54) is 0 Å². The van der Waals surface area contributed by atoms with Crippen LogP contribution in [0.5, 0.6) is 0 Å². The zero-order chi connectivity index (χ0) is 9.78. The third-order valence-electron chi connectivity index (χ3n) is 2.56. The van der Waals surface area contributed by atoms with Gasteiger partial charge < -0.3 is 4.90 Å². The molecule has 0 amide bonds. The molecule has 12 heavy (non-hydrogen) atoms. The van der Waals surface area contributed by atoms with E-state index in [0.29, 0.717) is 11.5 Å². The maximum absolute atomic E-state index is 5.64. The Morgan fingerprint density at radius 1 is 1.33 bits per heavy atom. The van der Waals surface area contributed by atoms with E-state index in [1.54, 1.807) is 0 Å². The quantitative estimate of drug-likeness (QED) is 0.618. The minimum atomic E-state index is 0.362. The summed E-state index contributed by atoms with van der Waals surface area (Å²) in [6.45, 7) is 10.2. The van der Waals surface area contributed by atoms with Crippen molar-refractivity contribution in [3.8, 4) is 0 Å². The van der Waals surface area contributed by atoms with E-state index >= 15 is 0 Å². The first-order valence-corrected chi connectivity index (χ1v) is 5.19. The fourth-order valence-electron chi connectivity index (χ4n) is 1.16. The van der Waals surface area contributed by atoms with Gasteiger partial charge >= 0.3 is 0 Å². The molecule has 1 unspecified atom stereocenters. The van der Waals surface area contributed by atoms with E-state index in [0.717, 1.165) is 18.8 Å². The predicted octanol–water partition coefficient (Wildman–Crippen LogP) is 2.98. The van der Waals surface area contributed by atoms with Gasteiger partial charge in [-0.15, -0.1) is 11.6 Å². The van der Waals surface area contributed by atoms with E-state index in [1.807, 2.05) is 0 Å². The second kappa shape index (κ2) is 5.08. The van der Waals surface area contributed by atoms with Crippen LogP contribution in [-0.4, -0.2) is 30.4 Å². The molecular weight excluding hydrogens is 170 g/mol. The fourth-order valence-corrected chi connectivity index (χ4v) is 1.28. The maximum Gasteiger partial charge on any atom is 0.0235 e. The third kappa shape index (κ3) is 4.32. The van der Waals surface area contributed by atoms with Gasteiger partial charge in [-0.1, -0.05) is 20.8 Å². The highest BCUT2D eigenvalue weighted by Crippen LogP contribution is 2.22. The molecule has 74 valence electrons. The zero-order valence-electron chi connectivity index (χ0n) is 9.02. The number of hydrogen-bond acceptors (Lipinski definition) is 1.